The molecular weight excluding hydrogens is 296 g/mol. The average molecular weight is 301 g/mol. The maximum Gasteiger partial charge on any atom is 0.347 e. The van der Waals surface area contributed by atoms with E-state index in [0.717, 1.165) is 17.5 Å². The fourth-order valence-corrected chi connectivity index (χ4v) is 2.01. The van der Waals surface area contributed by atoms with Gasteiger partial charge in [0.05, 0.1) is 15.5 Å². The summed E-state index contributed by atoms with van der Waals surface area (Å²) in [6.45, 7) is 0. The fourth-order valence-electron chi connectivity index (χ4n) is 1.21. The van der Waals surface area contributed by atoms with Gasteiger partial charge in [0.1, 0.15) is 11.9 Å². The van der Waals surface area contributed by atoms with Gasteiger partial charge in [0.15, 0.2) is 0 Å². The Hall–Kier alpha value is -2.19. The van der Waals surface area contributed by atoms with Crippen molar-refractivity contribution in [1.82, 2.24) is 4.98 Å². The highest BCUT2D eigenvalue weighted by Gasteiger charge is 2.15. The number of hydrogen-bond acceptors (Lipinski definition) is 6. The molecule has 0 saturated heterocycles. The molecule has 0 aliphatic rings. The van der Waals surface area contributed by atoms with Crippen molar-refractivity contribution in [2.24, 2.45) is 0 Å². The monoisotopic (exact) mass is 300 g/mol. The van der Waals surface area contributed by atoms with Crippen LogP contribution in [-0.4, -0.2) is 21.0 Å². The third-order valence-corrected chi connectivity index (χ3v) is 3.18. The van der Waals surface area contributed by atoms with E-state index in [2.05, 4.69) is 4.98 Å². The molecule has 0 saturated carbocycles. The lowest BCUT2D eigenvalue weighted by Gasteiger charge is -2.03. The number of nitrogens with zero attached hydrogens (tertiary/aromatic N) is 2. The first-order valence-corrected chi connectivity index (χ1v) is 5.97. The van der Waals surface area contributed by atoms with Crippen LogP contribution in [0.4, 0.5) is 5.00 Å². The van der Waals surface area contributed by atoms with Crippen LogP contribution >= 0.6 is 22.9 Å². The van der Waals surface area contributed by atoms with E-state index in [1.54, 1.807) is 0 Å². The van der Waals surface area contributed by atoms with E-state index < -0.39 is 10.9 Å². The summed E-state index contributed by atoms with van der Waals surface area (Å²) in [5.41, 5.74) is -0.120. The van der Waals surface area contributed by atoms with Crippen LogP contribution in [0.25, 0.3) is 0 Å². The molecular formula is C10H5ClN2O5S. The minimum absolute atomic E-state index is 0.0466. The van der Waals surface area contributed by atoms with Crippen LogP contribution in [-0.2, 0) is 0 Å². The third-order valence-electron chi connectivity index (χ3n) is 2.03. The zero-order valence-corrected chi connectivity index (χ0v) is 10.6. The molecule has 0 radical (unpaired) electrons. The van der Waals surface area contributed by atoms with Gasteiger partial charge in [-0.3, -0.25) is 10.1 Å². The number of aromatic nitrogens is 1. The molecule has 1 heterocycles. The molecule has 0 amide bonds. The number of hydrogen-bond donors (Lipinski definition) is 1. The standard InChI is InChI=1S/C10H5ClN2O5S/c11-7-2-1-5(3-6(7)9(14)15)18-10-12-4-8(19-10)13(16)17/h1-4H,(H,14,15). The van der Waals surface area contributed by atoms with Crippen LogP contribution in [0.1, 0.15) is 10.4 Å². The van der Waals surface area contributed by atoms with Gasteiger partial charge in [-0.1, -0.05) is 11.6 Å². The highest BCUT2D eigenvalue weighted by atomic mass is 35.5. The van der Waals surface area contributed by atoms with Crippen molar-refractivity contribution in [3.8, 4) is 10.9 Å². The van der Waals surface area contributed by atoms with Gasteiger partial charge in [-0.05, 0) is 29.5 Å². The van der Waals surface area contributed by atoms with Gasteiger partial charge in [0.2, 0.25) is 0 Å². The first-order chi connectivity index (χ1) is 8.97. The number of carbonyl (C=O) groups is 1. The van der Waals surface area contributed by atoms with Gasteiger partial charge in [0.25, 0.3) is 5.19 Å². The largest absolute Gasteiger partial charge is 0.478 e. The third kappa shape index (κ3) is 2.98. The van der Waals surface area contributed by atoms with E-state index in [0.29, 0.717) is 0 Å². The molecule has 1 N–H and O–H groups in total. The van der Waals surface area contributed by atoms with Crippen molar-refractivity contribution < 1.29 is 19.6 Å². The molecule has 0 unspecified atom stereocenters. The second-order valence-corrected chi connectivity index (χ2v) is 4.65. The Morgan fingerprint density at radius 2 is 2.26 bits per heavy atom. The Bertz CT molecular complexity index is 657. The first kappa shape index (κ1) is 13.2. The number of carboxylic acid groups (broad SMARTS) is 1. The summed E-state index contributed by atoms with van der Waals surface area (Å²) in [6.07, 6.45) is 1.06. The second kappa shape index (κ2) is 5.21. The number of nitro groups is 1. The molecule has 7 nitrogen and oxygen atoms in total. The highest BCUT2D eigenvalue weighted by Crippen LogP contribution is 2.32. The first-order valence-electron chi connectivity index (χ1n) is 4.78. The summed E-state index contributed by atoms with van der Waals surface area (Å²) < 4.78 is 5.24. The molecule has 0 fully saturated rings. The zero-order valence-electron chi connectivity index (χ0n) is 9.07. The van der Waals surface area contributed by atoms with Crippen molar-refractivity contribution >= 4 is 33.9 Å². The maximum atomic E-state index is 10.9. The topological polar surface area (TPSA) is 103 Å². The van der Waals surface area contributed by atoms with Crippen molar-refractivity contribution in [2.75, 3.05) is 0 Å². The quantitative estimate of drug-likeness (QED) is 0.687. The van der Waals surface area contributed by atoms with Gasteiger partial charge >= 0.3 is 11.0 Å². The minimum Gasteiger partial charge on any atom is -0.478 e. The Kier molecular flexibility index (Phi) is 3.63. The fraction of sp³-hybridized carbons (Fsp3) is 0. The normalized spacial score (nSPS) is 10.2. The Labute approximate surface area is 115 Å². The number of rotatable bonds is 4. The minimum atomic E-state index is -1.19. The zero-order chi connectivity index (χ0) is 14.0. The van der Waals surface area contributed by atoms with Gasteiger partial charge in [-0.2, -0.15) is 0 Å². The van der Waals surface area contributed by atoms with Gasteiger partial charge < -0.3 is 9.84 Å². The molecule has 98 valence electrons. The summed E-state index contributed by atoms with van der Waals surface area (Å²) in [6, 6.07) is 4.03. The molecule has 2 aromatic rings. The van der Waals surface area contributed by atoms with Gasteiger partial charge in [0, 0.05) is 0 Å². The number of benzene rings is 1. The molecule has 2 rings (SSSR count). The average Bonchev–Trinajstić information content (AvgIpc) is 2.80. The number of thiazole rings is 1. The molecule has 1 aromatic carbocycles. The lowest BCUT2D eigenvalue weighted by molar-refractivity contribution is -0.380. The summed E-state index contributed by atoms with van der Waals surface area (Å²) in [5, 5.41) is 19.3. The van der Waals surface area contributed by atoms with Crippen LogP contribution in [0, 0.1) is 10.1 Å². The van der Waals surface area contributed by atoms with Crippen LogP contribution in [0.15, 0.2) is 24.4 Å². The van der Waals surface area contributed by atoms with Crippen LogP contribution in [0.3, 0.4) is 0 Å². The highest BCUT2D eigenvalue weighted by molar-refractivity contribution is 7.16. The van der Waals surface area contributed by atoms with Crippen LogP contribution < -0.4 is 4.74 Å². The number of halogens is 1. The van der Waals surface area contributed by atoms with Crippen LogP contribution in [0.5, 0.6) is 10.9 Å². The Morgan fingerprint density at radius 3 is 2.84 bits per heavy atom. The van der Waals surface area contributed by atoms with E-state index in [9.17, 15) is 14.9 Å². The van der Waals surface area contributed by atoms with Gasteiger partial charge in [-0.15, -0.1) is 0 Å². The van der Waals surface area contributed by atoms with Crippen LogP contribution in [0.2, 0.25) is 5.02 Å². The molecule has 0 atom stereocenters. The van der Waals surface area contributed by atoms with E-state index >= 15 is 0 Å². The summed E-state index contributed by atoms with van der Waals surface area (Å²) in [7, 11) is 0. The van der Waals surface area contributed by atoms with Crippen molar-refractivity contribution in [2.45, 2.75) is 0 Å². The molecule has 1 aromatic heterocycles. The molecule has 0 bridgehead atoms. The van der Waals surface area contributed by atoms with Gasteiger partial charge in [-0.25, -0.2) is 9.78 Å². The van der Waals surface area contributed by atoms with E-state index in [-0.39, 0.29) is 26.5 Å². The Balaban J connectivity index is 2.25. The molecule has 19 heavy (non-hydrogen) atoms. The lowest BCUT2D eigenvalue weighted by Crippen LogP contribution is -1.97. The molecule has 0 spiro atoms. The molecule has 0 aliphatic carbocycles. The SMILES string of the molecule is O=C(O)c1cc(Oc2ncc([N+](=O)[O-])s2)ccc1Cl. The molecule has 9 heteroatoms. The maximum absolute atomic E-state index is 10.9. The van der Waals surface area contributed by atoms with Crippen molar-refractivity contribution in [3.05, 3.63) is 45.1 Å². The van der Waals surface area contributed by atoms with E-state index in [4.69, 9.17) is 21.4 Å². The Morgan fingerprint density at radius 1 is 1.53 bits per heavy atom. The predicted molar refractivity (Wildman–Crippen MR) is 67.3 cm³/mol. The number of aromatic carboxylic acids is 1. The van der Waals surface area contributed by atoms with Crippen molar-refractivity contribution in [3.63, 3.8) is 0 Å². The van der Waals surface area contributed by atoms with Crippen molar-refractivity contribution in [1.29, 1.82) is 0 Å². The second-order valence-electron chi connectivity index (χ2n) is 3.27. The van der Waals surface area contributed by atoms with E-state index in [1.807, 2.05) is 0 Å². The lowest BCUT2D eigenvalue weighted by atomic mass is 10.2. The summed E-state index contributed by atoms with van der Waals surface area (Å²) in [4.78, 5) is 24.5. The summed E-state index contributed by atoms with van der Waals surface area (Å²) >= 11 is 6.44. The predicted octanol–water partition coefficient (Wildman–Crippen LogP) is 3.20. The number of carboxylic acids is 1. The summed E-state index contributed by atoms with van der Waals surface area (Å²) in [5.74, 6) is -1.01. The molecule has 0 aliphatic heterocycles. The number of ether oxygens (including phenoxy) is 1. The smallest absolute Gasteiger partial charge is 0.347 e. The van der Waals surface area contributed by atoms with E-state index in [1.165, 1.54) is 18.2 Å².